The molecule has 0 radical (unpaired) electrons. The first-order chi connectivity index (χ1) is 6.15. The fourth-order valence-corrected chi connectivity index (χ4v) is 2.04. The summed E-state index contributed by atoms with van der Waals surface area (Å²) in [6.07, 6.45) is -1.31. The van der Waals surface area contributed by atoms with Crippen LogP contribution in [0.1, 0.15) is 12.8 Å². The number of halogens is 2. The number of nitrogens with zero attached hydrogens (tertiary/aromatic N) is 1. The number of aliphatic hydroxyl groups is 1. The molecular weight excluding hydrogens is 180 g/mol. The van der Waals surface area contributed by atoms with Gasteiger partial charge in [0.15, 0.2) is 0 Å². The van der Waals surface area contributed by atoms with E-state index in [9.17, 15) is 8.78 Å². The molecule has 1 N–H and O–H groups in total. The van der Waals surface area contributed by atoms with Crippen molar-refractivity contribution in [3.8, 4) is 0 Å². The lowest BCUT2D eigenvalue weighted by Gasteiger charge is -2.43. The van der Waals surface area contributed by atoms with Gasteiger partial charge in [-0.05, 0) is 19.4 Å². The highest BCUT2D eigenvalue weighted by molar-refractivity contribution is 4.93. The second-order valence-electron chi connectivity index (χ2n) is 3.61. The van der Waals surface area contributed by atoms with Crippen LogP contribution in [-0.2, 0) is 4.74 Å². The Morgan fingerprint density at radius 2 is 2.31 bits per heavy atom. The quantitative estimate of drug-likeness (QED) is 0.690. The lowest BCUT2D eigenvalue weighted by atomic mass is 10.1. The molecule has 0 aromatic heterocycles. The molecule has 5 heteroatoms. The normalized spacial score (nSPS) is 39.0. The Hall–Kier alpha value is -0.260. The highest BCUT2D eigenvalue weighted by Crippen LogP contribution is 2.37. The third-order valence-corrected chi connectivity index (χ3v) is 2.86. The molecule has 0 amide bonds. The minimum absolute atomic E-state index is 0.0351. The van der Waals surface area contributed by atoms with E-state index in [2.05, 4.69) is 4.74 Å². The van der Waals surface area contributed by atoms with Crippen molar-refractivity contribution < 1.29 is 18.6 Å². The van der Waals surface area contributed by atoms with Gasteiger partial charge in [-0.3, -0.25) is 4.90 Å². The van der Waals surface area contributed by atoms with Gasteiger partial charge >= 0.3 is 6.11 Å². The van der Waals surface area contributed by atoms with Gasteiger partial charge in [0.2, 0.25) is 0 Å². The number of likely N-dealkylation sites (tertiary alicyclic amines) is 1. The number of hydrogen-bond donors (Lipinski definition) is 1. The van der Waals surface area contributed by atoms with E-state index in [0.29, 0.717) is 6.54 Å². The Bertz CT molecular complexity index is 201. The molecule has 2 heterocycles. The van der Waals surface area contributed by atoms with Crippen molar-refractivity contribution >= 4 is 0 Å². The van der Waals surface area contributed by atoms with Crippen LogP contribution >= 0.6 is 0 Å². The molecule has 0 aromatic rings. The number of ether oxygens (including phenoxy) is 1. The maximum Gasteiger partial charge on any atom is 0.373 e. The van der Waals surface area contributed by atoms with E-state index in [-0.39, 0.29) is 19.3 Å². The van der Waals surface area contributed by atoms with E-state index < -0.39 is 12.2 Å². The second-order valence-corrected chi connectivity index (χ2v) is 3.61. The molecule has 0 aromatic carbocycles. The molecule has 2 aliphatic rings. The van der Waals surface area contributed by atoms with Crippen LogP contribution in [0.25, 0.3) is 0 Å². The maximum atomic E-state index is 12.8. The highest BCUT2D eigenvalue weighted by Gasteiger charge is 2.55. The SMILES string of the molecule is OC[C@@H]1CCCN1C1COC1(F)F. The van der Waals surface area contributed by atoms with E-state index in [0.717, 1.165) is 12.8 Å². The second kappa shape index (κ2) is 3.15. The van der Waals surface area contributed by atoms with Crippen LogP contribution in [0.15, 0.2) is 0 Å². The zero-order chi connectivity index (χ0) is 9.47. The van der Waals surface area contributed by atoms with Crippen LogP contribution in [0.4, 0.5) is 8.78 Å². The van der Waals surface area contributed by atoms with E-state index in [1.807, 2.05) is 0 Å². The molecule has 13 heavy (non-hydrogen) atoms. The van der Waals surface area contributed by atoms with Crippen LogP contribution in [0.3, 0.4) is 0 Å². The van der Waals surface area contributed by atoms with Crippen LogP contribution in [0.2, 0.25) is 0 Å². The lowest BCUT2D eigenvalue weighted by molar-refractivity contribution is -0.358. The van der Waals surface area contributed by atoms with Crippen LogP contribution in [0, 0.1) is 0 Å². The van der Waals surface area contributed by atoms with Crippen molar-refractivity contribution in [3.05, 3.63) is 0 Å². The summed E-state index contributed by atoms with van der Waals surface area (Å²) in [7, 11) is 0. The van der Waals surface area contributed by atoms with Gasteiger partial charge in [0.05, 0.1) is 13.2 Å². The largest absolute Gasteiger partial charge is 0.395 e. The zero-order valence-electron chi connectivity index (χ0n) is 7.25. The molecule has 1 unspecified atom stereocenters. The summed E-state index contributed by atoms with van der Waals surface area (Å²) in [5.74, 6) is 0. The van der Waals surface area contributed by atoms with Crippen molar-refractivity contribution in [3.63, 3.8) is 0 Å². The maximum absolute atomic E-state index is 12.8. The van der Waals surface area contributed by atoms with Gasteiger partial charge in [-0.2, -0.15) is 8.78 Å². The molecule has 0 aliphatic carbocycles. The first kappa shape index (κ1) is 9.30. The molecule has 0 saturated carbocycles. The first-order valence-electron chi connectivity index (χ1n) is 4.53. The summed E-state index contributed by atoms with van der Waals surface area (Å²) >= 11 is 0. The van der Waals surface area contributed by atoms with Gasteiger partial charge in [0.1, 0.15) is 6.04 Å². The van der Waals surface area contributed by atoms with Crippen molar-refractivity contribution in [2.24, 2.45) is 0 Å². The summed E-state index contributed by atoms with van der Waals surface area (Å²) in [4.78, 5) is 1.67. The summed E-state index contributed by atoms with van der Waals surface area (Å²) in [5.41, 5.74) is 0. The molecule has 2 aliphatic heterocycles. The third-order valence-electron chi connectivity index (χ3n) is 2.86. The van der Waals surface area contributed by atoms with Crippen LogP contribution in [0.5, 0.6) is 0 Å². The average molecular weight is 193 g/mol. The van der Waals surface area contributed by atoms with Crippen molar-refractivity contribution in [2.75, 3.05) is 19.8 Å². The van der Waals surface area contributed by atoms with Gasteiger partial charge in [0, 0.05) is 6.04 Å². The van der Waals surface area contributed by atoms with E-state index >= 15 is 0 Å². The van der Waals surface area contributed by atoms with Crippen molar-refractivity contribution in [1.82, 2.24) is 4.90 Å². The number of alkyl halides is 2. The van der Waals surface area contributed by atoms with E-state index in [4.69, 9.17) is 5.11 Å². The minimum Gasteiger partial charge on any atom is -0.395 e. The first-order valence-corrected chi connectivity index (χ1v) is 4.53. The van der Waals surface area contributed by atoms with Gasteiger partial charge in [0.25, 0.3) is 0 Å². The Labute approximate surface area is 75.3 Å². The van der Waals surface area contributed by atoms with Gasteiger partial charge < -0.3 is 9.84 Å². The molecule has 2 saturated heterocycles. The summed E-state index contributed by atoms with van der Waals surface area (Å²) < 4.78 is 29.8. The Balaban J connectivity index is 2.00. The minimum atomic E-state index is -3.00. The van der Waals surface area contributed by atoms with Gasteiger partial charge in [-0.1, -0.05) is 0 Å². The molecule has 3 nitrogen and oxygen atoms in total. The van der Waals surface area contributed by atoms with E-state index in [1.165, 1.54) is 0 Å². The van der Waals surface area contributed by atoms with Gasteiger partial charge in [-0.25, -0.2) is 0 Å². The number of hydrogen-bond acceptors (Lipinski definition) is 3. The summed E-state index contributed by atoms with van der Waals surface area (Å²) in [6, 6.07) is -0.910. The predicted molar refractivity (Wildman–Crippen MR) is 41.5 cm³/mol. The third kappa shape index (κ3) is 1.45. The number of rotatable bonds is 2. The zero-order valence-corrected chi connectivity index (χ0v) is 7.25. The van der Waals surface area contributed by atoms with Crippen LogP contribution in [-0.4, -0.2) is 48.0 Å². The lowest BCUT2D eigenvalue weighted by Crippen LogP contribution is -2.62. The molecule has 2 atom stereocenters. The Morgan fingerprint density at radius 3 is 2.77 bits per heavy atom. The molecular formula is C8H13F2NO2. The highest BCUT2D eigenvalue weighted by atomic mass is 19.3. The standard InChI is InChI=1S/C8H13F2NO2/c9-8(10)7(5-13-8)11-3-1-2-6(11)4-12/h6-7,12H,1-5H2/t6-,7?/m0/s1. The van der Waals surface area contributed by atoms with E-state index in [1.54, 1.807) is 4.90 Å². The monoisotopic (exact) mass is 193 g/mol. The molecule has 2 rings (SSSR count). The molecule has 2 fully saturated rings. The smallest absolute Gasteiger partial charge is 0.373 e. The number of aliphatic hydroxyl groups excluding tert-OH is 1. The fourth-order valence-electron chi connectivity index (χ4n) is 2.04. The molecule has 0 spiro atoms. The topological polar surface area (TPSA) is 32.7 Å². The average Bonchev–Trinajstić information content (AvgIpc) is 2.51. The predicted octanol–water partition coefficient (Wildman–Crippen LogP) is 0.435. The molecule has 76 valence electrons. The van der Waals surface area contributed by atoms with Crippen molar-refractivity contribution in [2.45, 2.75) is 31.0 Å². The summed E-state index contributed by atoms with van der Waals surface area (Å²) in [6.45, 7) is 0.699. The van der Waals surface area contributed by atoms with Gasteiger partial charge in [-0.15, -0.1) is 0 Å². The fraction of sp³-hybridized carbons (Fsp3) is 1.00. The Morgan fingerprint density at radius 1 is 1.54 bits per heavy atom. The summed E-state index contributed by atoms with van der Waals surface area (Å²) in [5, 5.41) is 8.95. The van der Waals surface area contributed by atoms with Crippen molar-refractivity contribution in [1.29, 1.82) is 0 Å². The van der Waals surface area contributed by atoms with Crippen LogP contribution < -0.4 is 0 Å². The Kier molecular flexibility index (Phi) is 2.25. The molecule has 0 bridgehead atoms.